The van der Waals surface area contributed by atoms with Gasteiger partial charge in [-0.3, -0.25) is 4.79 Å². The molecular weight excluding hydrogens is 348 g/mol. The van der Waals surface area contributed by atoms with Crippen LogP contribution in [0.1, 0.15) is 25.5 Å². The minimum Gasteiger partial charge on any atom is -0.496 e. The van der Waals surface area contributed by atoms with Crippen molar-refractivity contribution in [3.8, 4) is 5.75 Å². The Morgan fingerprint density at radius 1 is 1.45 bits per heavy atom. The van der Waals surface area contributed by atoms with Gasteiger partial charge in [-0.15, -0.1) is 0 Å². The Morgan fingerprint density at radius 2 is 2.23 bits per heavy atom. The SMILES string of the molecule is COc1ccc([C@@H]2C(C(C)=O)=C(C)Nc3ncnn32)cc1Br. The van der Waals surface area contributed by atoms with Crippen LogP contribution >= 0.6 is 15.9 Å². The number of carbonyl (C=O) groups is 1. The van der Waals surface area contributed by atoms with Crippen molar-refractivity contribution >= 4 is 27.7 Å². The lowest BCUT2D eigenvalue weighted by atomic mass is 9.93. The molecule has 114 valence electrons. The van der Waals surface area contributed by atoms with Crippen LogP contribution in [0, 0.1) is 0 Å². The van der Waals surface area contributed by atoms with E-state index in [0.29, 0.717) is 11.5 Å². The first-order chi connectivity index (χ1) is 10.5. The Morgan fingerprint density at radius 3 is 2.86 bits per heavy atom. The van der Waals surface area contributed by atoms with E-state index in [1.807, 2.05) is 25.1 Å². The van der Waals surface area contributed by atoms with Crippen LogP contribution in [0.3, 0.4) is 0 Å². The maximum Gasteiger partial charge on any atom is 0.226 e. The van der Waals surface area contributed by atoms with Crippen molar-refractivity contribution in [2.24, 2.45) is 0 Å². The number of ketones is 1. The van der Waals surface area contributed by atoms with E-state index < -0.39 is 0 Å². The van der Waals surface area contributed by atoms with E-state index in [4.69, 9.17) is 4.74 Å². The third kappa shape index (κ3) is 2.31. The molecule has 1 aromatic heterocycles. The van der Waals surface area contributed by atoms with Gasteiger partial charge in [0.1, 0.15) is 18.1 Å². The van der Waals surface area contributed by atoms with Gasteiger partial charge in [-0.25, -0.2) is 4.68 Å². The average molecular weight is 363 g/mol. The number of rotatable bonds is 3. The Hall–Kier alpha value is -2.15. The van der Waals surface area contributed by atoms with Crippen LogP contribution in [0.4, 0.5) is 5.95 Å². The van der Waals surface area contributed by atoms with Crippen molar-refractivity contribution in [1.82, 2.24) is 14.8 Å². The van der Waals surface area contributed by atoms with E-state index in [1.165, 1.54) is 6.33 Å². The number of allylic oxidation sites excluding steroid dienone is 2. The summed E-state index contributed by atoms with van der Waals surface area (Å²) in [5.74, 6) is 1.36. The molecule has 22 heavy (non-hydrogen) atoms. The largest absolute Gasteiger partial charge is 0.496 e. The smallest absolute Gasteiger partial charge is 0.226 e. The Balaban J connectivity index is 2.18. The molecule has 7 heteroatoms. The number of fused-ring (bicyclic) bond motifs is 1. The van der Waals surface area contributed by atoms with Gasteiger partial charge in [-0.1, -0.05) is 6.07 Å². The summed E-state index contributed by atoms with van der Waals surface area (Å²) in [5, 5.41) is 7.38. The minimum atomic E-state index is -0.307. The van der Waals surface area contributed by atoms with Gasteiger partial charge in [0.05, 0.1) is 11.6 Å². The number of nitrogens with one attached hydrogen (secondary N) is 1. The van der Waals surface area contributed by atoms with Crippen molar-refractivity contribution < 1.29 is 9.53 Å². The molecule has 1 aliphatic heterocycles. The third-order valence-electron chi connectivity index (χ3n) is 3.67. The highest BCUT2D eigenvalue weighted by Gasteiger charge is 2.31. The number of anilines is 1. The lowest BCUT2D eigenvalue weighted by Gasteiger charge is -2.28. The molecule has 0 spiro atoms. The van der Waals surface area contributed by atoms with Crippen molar-refractivity contribution in [3.63, 3.8) is 0 Å². The van der Waals surface area contributed by atoms with Crippen molar-refractivity contribution in [3.05, 3.63) is 45.8 Å². The molecule has 0 bridgehead atoms. The van der Waals surface area contributed by atoms with Crippen LogP contribution in [-0.4, -0.2) is 27.7 Å². The molecular formula is C15H15BrN4O2. The average Bonchev–Trinajstić information content (AvgIpc) is 2.93. The number of hydrogen-bond acceptors (Lipinski definition) is 5. The summed E-state index contributed by atoms with van der Waals surface area (Å²) in [4.78, 5) is 16.3. The molecule has 0 amide bonds. The molecule has 1 aromatic carbocycles. The fourth-order valence-electron chi connectivity index (χ4n) is 2.71. The number of hydrogen-bond donors (Lipinski definition) is 1. The fraction of sp³-hybridized carbons (Fsp3) is 0.267. The number of carbonyl (C=O) groups excluding carboxylic acids is 1. The molecule has 0 aliphatic carbocycles. The summed E-state index contributed by atoms with van der Waals surface area (Å²) < 4.78 is 7.81. The van der Waals surface area contributed by atoms with Crippen molar-refractivity contribution in [2.75, 3.05) is 12.4 Å². The van der Waals surface area contributed by atoms with Gasteiger partial charge in [0.15, 0.2) is 5.78 Å². The summed E-state index contributed by atoms with van der Waals surface area (Å²) >= 11 is 3.49. The first-order valence-electron chi connectivity index (χ1n) is 6.74. The Bertz CT molecular complexity index is 782. The van der Waals surface area contributed by atoms with Gasteiger partial charge in [-0.2, -0.15) is 10.1 Å². The van der Waals surface area contributed by atoms with E-state index in [1.54, 1.807) is 18.7 Å². The Kier molecular flexibility index (Phi) is 3.74. The van der Waals surface area contributed by atoms with Crippen molar-refractivity contribution in [1.29, 1.82) is 0 Å². The van der Waals surface area contributed by atoms with E-state index in [2.05, 4.69) is 31.3 Å². The quantitative estimate of drug-likeness (QED) is 0.908. The predicted molar refractivity (Wildman–Crippen MR) is 85.9 cm³/mol. The fourth-order valence-corrected chi connectivity index (χ4v) is 3.27. The summed E-state index contributed by atoms with van der Waals surface area (Å²) in [6.07, 6.45) is 1.48. The molecule has 0 unspecified atom stereocenters. The molecule has 2 heterocycles. The minimum absolute atomic E-state index is 0.00286. The molecule has 0 radical (unpaired) electrons. The maximum absolute atomic E-state index is 12.1. The topological polar surface area (TPSA) is 69.0 Å². The van der Waals surface area contributed by atoms with Gasteiger partial charge >= 0.3 is 0 Å². The van der Waals surface area contributed by atoms with Gasteiger partial charge in [0, 0.05) is 11.3 Å². The number of aromatic nitrogens is 3. The molecule has 6 nitrogen and oxygen atoms in total. The lowest BCUT2D eigenvalue weighted by molar-refractivity contribution is -0.114. The van der Waals surface area contributed by atoms with E-state index in [0.717, 1.165) is 21.5 Å². The highest BCUT2D eigenvalue weighted by Crippen LogP contribution is 2.37. The number of benzene rings is 1. The summed E-state index contributed by atoms with van der Waals surface area (Å²) in [6, 6.07) is 5.43. The van der Waals surface area contributed by atoms with Crippen LogP contribution in [0.15, 0.2) is 40.3 Å². The number of methoxy groups -OCH3 is 1. The number of Topliss-reactive ketones (excluding diaryl/α,β-unsaturated/α-hetero) is 1. The highest BCUT2D eigenvalue weighted by molar-refractivity contribution is 9.10. The molecule has 2 aromatic rings. The lowest BCUT2D eigenvalue weighted by Crippen LogP contribution is -2.27. The van der Waals surface area contributed by atoms with Gasteiger partial charge in [0.2, 0.25) is 5.95 Å². The molecule has 0 fully saturated rings. The molecule has 1 atom stereocenters. The summed E-state index contributed by atoms with van der Waals surface area (Å²) in [7, 11) is 1.62. The predicted octanol–water partition coefficient (Wildman–Crippen LogP) is 2.93. The number of ether oxygens (including phenoxy) is 1. The molecule has 1 N–H and O–H groups in total. The van der Waals surface area contributed by atoms with Crippen LogP contribution in [0.2, 0.25) is 0 Å². The van der Waals surface area contributed by atoms with E-state index in [9.17, 15) is 4.79 Å². The van der Waals surface area contributed by atoms with Crippen LogP contribution in [-0.2, 0) is 4.79 Å². The number of halogens is 1. The second-order valence-corrected chi connectivity index (χ2v) is 5.90. The monoisotopic (exact) mass is 362 g/mol. The van der Waals surface area contributed by atoms with Crippen LogP contribution in [0.25, 0.3) is 0 Å². The van der Waals surface area contributed by atoms with Gasteiger partial charge < -0.3 is 10.1 Å². The summed E-state index contributed by atoms with van der Waals surface area (Å²) in [5.41, 5.74) is 2.41. The van der Waals surface area contributed by atoms with Gasteiger partial charge in [0.25, 0.3) is 0 Å². The summed E-state index contributed by atoms with van der Waals surface area (Å²) in [6.45, 7) is 3.44. The molecule has 3 rings (SSSR count). The molecule has 1 aliphatic rings. The maximum atomic E-state index is 12.1. The Labute approximate surface area is 136 Å². The first kappa shape index (κ1) is 14.8. The second kappa shape index (κ2) is 5.57. The van der Waals surface area contributed by atoms with Crippen LogP contribution in [0.5, 0.6) is 5.75 Å². The molecule has 0 saturated carbocycles. The van der Waals surface area contributed by atoms with Crippen LogP contribution < -0.4 is 10.1 Å². The van der Waals surface area contributed by atoms with Crippen molar-refractivity contribution in [2.45, 2.75) is 19.9 Å². The third-order valence-corrected chi connectivity index (χ3v) is 4.28. The number of nitrogens with zero attached hydrogens (tertiary/aromatic N) is 3. The standard InChI is InChI=1S/C15H15BrN4O2/c1-8-13(9(2)21)14(20-15(19-8)17-7-18-20)10-4-5-12(22-3)11(16)6-10/h4-7,14H,1-3H3,(H,17,18,19)/t14-/m1/s1. The second-order valence-electron chi connectivity index (χ2n) is 5.04. The first-order valence-corrected chi connectivity index (χ1v) is 7.54. The zero-order valence-corrected chi connectivity index (χ0v) is 14.0. The zero-order chi connectivity index (χ0) is 15.9. The zero-order valence-electron chi connectivity index (χ0n) is 12.4. The van der Waals surface area contributed by atoms with E-state index >= 15 is 0 Å². The highest BCUT2D eigenvalue weighted by atomic mass is 79.9. The normalized spacial score (nSPS) is 17.0. The van der Waals surface area contributed by atoms with E-state index in [-0.39, 0.29) is 11.8 Å². The molecule has 0 saturated heterocycles. The van der Waals surface area contributed by atoms with Gasteiger partial charge in [-0.05, 0) is 47.5 Å².